The molecule has 176 valence electrons. The first-order valence-corrected chi connectivity index (χ1v) is 13.0. The lowest BCUT2D eigenvalue weighted by Crippen LogP contribution is -2.35. The lowest BCUT2D eigenvalue weighted by atomic mass is 10.2. The molecule has 1 amide bonds. The standard InChI is InChI=1S/C25H31N3O4S/c1-2-32-22-8-6-20(7-9-22)19-26-25(29)13-17-27-16-12-21-18-23(10-11-24(21)27)33(30,31)28-14-4-3-5-15-28/h6-12,16,18H,2-5,13-15,17,19H2,1H3,(H,26,29). The molecule has 2 heterocycles. The molecule has 33 heavy (non-hydrogen) atoms. The Morgan fingerprint density at radius 3 is 2.52 bits per heavy atom. The van der Waals surface area contributed by atoms with Gasteiger partial charge in [0.1, 0.15) is 5.75 Å². The predicted molar refractivity (Wildman–Crippen MR) is 129 cm³/mol. The molecule has 2 aromatic carbocycles. The van der Waals surface area contributed by atoms with Gasteiger partial charge in [0.05, 0.1) is 11.5 Å². The van der Waals surface area contributed by atoms with Crippen molar-refractivity contribution in [2.45, 2.75) is 50.6 Å². The van der Waals surface area contributed by atoms with E-state index in [9.17, 15) is 13.2 Å². The van der Waals surface area contributed by atoms with E-state index in [-0.39, 0.29) is 5.91 Å². The van der Waals surface area contributed by atoms with Crippen molar-refractivity contribution in [3.63, 3.8) is 0 Å². The Balaban J connectivity index is 1.34. The number of nitrogens with one attached hydrogen (secondary N) is 1. The van der Waals surface area contributed by atoms with Crippen molar-refractivity contribution < 1.29 is 17.9 Å². The minimum absolute atomic E-state index is 0.0324. The van der Waals surface area contributed by atoms with Crippen LogP contribution in [-0.4, -0.2) is 42.9 Å². The average molecular weight is 470 g/mol. The Labute approximate surface area is 195 Å². The third-order valence-corrected chi connectivity index (χ3v) is 7.89. The van der Waals surface area contributed by atoms with Crippen LogP contribution < -0.4 is 10.1 Å². The molecule has 0 radical (unpaired) electrons. The van der Waals surface area contributed by atoms with Crippen molar-refractivity contribution in [2.75, 3.05) is 19.7 Å². The van der Waals surface area contributed by atoms with Gasteiger partial charge < -0.3 is 14.6 Å². The number of ether oxygens (including phenoxy) is 1. The van der Waals surface area contributed by atoms with Gasteiger partial charge in [-0.15, -0.1) is 0 Å². The van der Waals surface area contributed by atoms with Crippen LogP contribution in [-0.2, 0) is 27.9 Å². The molecular formula is C25H31N3O4S. The smallest absolute Gasteiger partial charge is 0.243 e. The van der Waals surface area contributed by atoms with Gasteiger partial charge in [0.15, 0.2) is 0 Å². The number of amides is 1. The highest BCUT2D eigenvalue weighted by molar-refractivity contribution is 7.89. The second-order valence-corrected chi connectivity index (χ2v) is 10.2. The van der Waals surface area contributed by atoms with Crippen LogP contribution in [0, 0.1) is 0 Å². The predicted octanol–water partition coefficient (Wildman–Crippen LogP) is 3.92. The largest absolute Gasteiger partial charge is 0.494 e. The lowest BCUT2D eigenvalue weighted by molar-refractivity contribution is -0.121. The monoisotopic (exact) mass is 469 g/mol. The van der Waals surface area contributed by atoms with Gasteiger partial charge in [-0.05, 0) is 61.7 Å². The van der Waals surface area contributed by atoms with E-state index in [0.29, 0.717) is 44.1 Å². The van der Waals surface area contributed by atoms with Crippen LogP contribution >= 0.6 is 0 Å². The van der Waals surface area contributed by atoms with E-state index in [1.165, 1.54) is 0 Å². The maximum atomic E-state index is 13.0. The molecule has 1 aliphatic heterocycles. The number of fused-ring (bicyclic) bond motifs is 1. The van der Waals surface area contributed by atoms with Crippen LogP contribution in [0.25, 0.3) is 10.9 Å². The maximum absolute atomic E-state index is 13.0. The quantitative estimate of drug-likeness (QED) is 0.515. The fourth-order valence-corrected chi connectivity index (χ4v) is 5.72. The summed E-state index contributed by atoms with van der Waals surface area (Å²) < 4.78 is 34.9. The number of benzene rings is 2. The number of aryl methyl sites for hydroxylation is 1. The van der Waals surface area contributed by atoms with E-state index in [1.807, 2.05) is 54.1 Å². The van der Waals surface area contributed by atoms with Gasteiger partial charge >= 0.3 is 0 Å². The number of carbonyl (C=O) groups is 1. The summed E-state index contributed by atoms with van der Waals surface area (Å²) in [7, 11) is -3.46. The Bertz CT molecular complexity index is 1200. The second kappa shape index (κ2) is 10.4. The fourth-order valence-electron chi connectivity index (χ4n) is 4.17. The van der Waals surface area contributed by atoms with Gasteiger partial charge in [-0.25, -0.2) is 8.42 Å². The number of hydrogen-bond donors (Lipinski definition) is 1. The minimum atomic E-state index is -3.46. The summed E-state index contributed by atoms with van der Waals surface area (Å²) in [4.78, 5) is 12.7. The van der Waals surface area contributed by atoms with Gasteiger partial charge in [0.2, 0.25) is 15.9 Å². The molecule has 0 bridgehead atoms. The first kappa shape index (κ1) is 23.3. The number of aromatic nitrogens is 1. The minimum Gasteiger partial charge on any atom is -0.494 e. The third-order valence-electron chi connectivity index (χ3n) is 6.00. The van der Waals surface area contributed by atoms with E-state index < -0.39 is 10.0 Å². The van der Waals surface area contributed by atoms with E-state index in [0.717, 1.165) is 41.5 Å². The molecule has 1 aromatic heterocycles. The molecule has 3 aromatic rings. The Hall–Kier alpha value is -2.84. The highest BCUT2D eigenvalue weighted by Crippen LogP contribution is 2.25. The molecule has 0 unspecified atom stereocenters. The molecule has 1 N–H and O–H groups in total. The van der Waals surface area contributed by atoms with Crippen LogP contribution in [0.2, 0.25) is 0 Å². The third kappa shape index (κ3) is 5.57. The molecule has 0 aliphatic carbocycles. The molecule has 1 aliphatic rings. The van der Waals surface area contributed by atoms with Crippen LogP contribution in [0.3, 0.4) is 0 Å². The summed E-state index contributed by atoms with van der Waals surface area (Å²) in [6.45, 7) is 4.74. The van der Waals surface area contributed by atoms with Gasteiger partial charge in [-0.1, -0.05) is 18.6 Å². The lowest BCUT2D eigenvalue weighted by Gasteiger charge is -2.25. The van der Waals surface area contributed by atoms with Gasteiger partial charge in [0.25, 0.3) is 0 Å². The molecule has 0 spiro atoms. The zero-order chi connectivity index (χ0) is 23.3. The van der Waals surface area contributed by atoms with Crippen LogP contribution in [0.1, 0.15) is 38.2 Å². The molecule has 1 saturated heterocycles. The van der Waals surface area contributed by atoms with Crippen molar-refractivity contribution >= 4 is 26.8 Å². The van der Waals surface area contributed by atoms with Crippen LogP contribution in [0.4, 0.5) is 0 Å². The number of rotatable bonds is 9. The van der Waals surface area contributed by atoms with Crippen molar-refractivity contribution in [3.05, 3.63) is 60.3 Å². The highest BCUT2D eigenvalue weighted by atomic mass is 32.2. The van der Waals surface area contributed by atoms with Crippen molar-refractivity contribution in [1.29, 1.82) is 0 Å². The molecule has 7 nitrogen and oxygen atoms in total. The molecular weight excluding hydrogens is 438 g/mol. The number of piperidine rings is 1. The zero-order valence-electron chi connectivity index (χ0n) is 19.0. The van der Waals surface area contributed by atoms with Gasteiger partial charge in [-0.3, -0.25) is 4.79 Å². The van der Waals surface area contributed by atoms with E-state index in [1.54, 1.807) is 16.4 Å². The normalized spacial score (nSPS) is 14.9. The van der Waals surface area contributed by atoms with Crippen molar-refractivity contribution in [1.82, 2.24) is 14.2 Å². The maximum Gasteiger partial charge on any atom is 0.243 e. The number of sulfonamides is 1. The Kier molecular flexibility index (Phi) is 7.35. The molecule has 0 saturated carbocycles. The average Bonchev–Trinajstić information content (AvgIpc) is 3.25. The van der Waals surface area contributed by atoms with Crippen molar-refractivity contribution in [3.8, 4) is 5.75 Å². The SMILES string of the molecule is CCOc1ccc(CNC(=O)CCn2ccc3cc(S(=O)(=O)N4CCCCC4)ccc32)cc1. The molecule has 4 rings (SSSR count). The summed E-state index contributed by atoms with van der Waals surface area (Å²) in [5.41, 5.74) is 1.94. The summed E-state index contributed by atoms with van der Waals surface area (Å²) in [5.74, 6) is 0.786. The Morgan fingerprint density at radius 2 is 1.79 bits per heavy atom. The molecule has 1 fully saturated rings. The summed E-state index contributed by atoms with van der Waals surface area (Å²) >= 11 is 0. The van der Waals surface area contributed by atoms with Crippen LogP contribution in [0.5, 0.6) is 5.75 Å². The van der Waals surface area contributed by atoms with E-state index >= 15 is 0 Å². The molecule has 8 heteroatoms. The summed E-state index contributed by atoms with van der Waals surface area (Å²) in [6.07, 6.45) is 5.16. The number of hydrogen-bond acceptors (Lipinski definition) is 4. The van der Waals surface area contributed by atoms with Crippen molar-refractivity contribution in [2.24, 2.45) is 0 Å². The van der Waals surface area contributed by atoms with Gasteiger partial charge in [-0.2, -0.15) is 4.31 Å². The van der Waals surface area contributed by atoms with Crippen LogP contribution in [0.15, 0.2) is 59.6 Å². The number of nitrogens with zero attached hydrogens (tertiary/aromatic N) is 2. The fraction of sp³-hybridized carbons (Fsp3) is 0.400. The van der Waals surface area contributed by atoms with E-state index in [4.69, 9.17) is 4.74 Å². The zero-order valence-corrected chi connectivity index (χ0v) is 19.8. The molecule has 0 atom stereocenters. The van der Waals surface area contributed by atoms with E-state index in [2.05, 4.69) is 5.32 Å². The first-order valence-electron chi connectivity index (χ1n) is 11.5. The highest BCUT2D eigenvalue weighted by Gasteiger charge is 2.26. The first-order chi connectivity index (χ1) is 16.0. The number of carbonyl (C=O) groups excluding carboxylic acids is 1. The summed E-state index contributed by atoms with van der Waals surface area (Å²) in [6, 6.07) is 14.8. The second-order valence-electron chi connectivity index (χ2n) is 8.30. The Morgan fingerprint density at radius 1 is 1.03 bits per heavy atom. The van der Waals surface area contributed by atoms with Gasteiger partial charge in [0, 0.05) is 49.7 Å². The topological polar surface area (TPSA) is 80.6 Å². The summed E-state index contributed by atoms with van der Waals surface area (Å²) in [5, 5.41) is 3.81.